The van der Waals surface area contributed by atoms with Crippen LogP contribution in [0.3, 0.4) is 0 Å². The molecule has 1 aliphatic carbocycles. The van der Waals surface area contributed by atoms with Gasteiger partial charge < -0.3 is 11.3 Å². The standard InChI is InChI=1S/C27H27NO3S.Na.H/c1-15-7-6-8-18(13-15)31-22-12-11-16(2)25-24(22)20(27(29)30)14-21(28-25)26-17(3)19-9-4-5-10-23(19)32-26;;/h4-5,9-12,14-15,18H,6-8,13H2,1-3H3,(H,29,30);;/q;+1;-1/t15-,18+;;/m1../s1. The largest absolute Gasteiger partial charge is 1.00 e. The van der Waals surface area contributed by atoms with Crippen LogP contribution in [-0.2, 0) is 0 Å². The Kier molecular flexibility index (Phi) is 7.15. The van der Waals surface area contributed by atoms with Crippen LogP contribution in [0.25, 0.3) is 31.6 Å². The van der Waals surface area contributed by atoms with Crippen molar-refractivity contribution in [2.24, 2.45) is 5.92 Å². The van der Waals surface area contributed by atoms with E-state index in [4.69, 9.17) is 9.72 Å². The van der Waals surface area contributed by atoms with Crippen molar-refractivity contribution in [3.8, 4) is 16.3 Å². The molecule has 2 aromatic carbocycles. The predicted octanol–water partition coefficient (Wildman–Crippen LogP) is 4.51. The second-order valence-electron chi connectivity index (χ2n) is 9.03. The molecule has 0 unspecified atom stereocenters. The Bertz CT molecular complexity index is 1350. The Labute approximate surface area is 221 Å². The normalized spacial score (nSPS) is 18.3. The van der Waals surface area contributed by atoms with Crippen LogP contribution in [-0.4, -0.2) is 22.2 Å². The molecule has 33 heavy (non-hydrogen) atoms. The number of rotatable bonds is 4. The molecular weight excluding hydrogens is 441 g/mol. The van der Waals surface area contributed by atoms with Crippen molar-refractivity contribution < 1.29 is 45.6 Å². The third kappa shape index (κ3) is 4.57. The molecule has 2 aromatic heterocycles. The predicted molar refractivity (Wildman–Crippen MR) is 132 cm³/mol. The Morgan fingerprint density at radius 2 is 1.97 bits per heavy atom. The van der Waals surface area contributed by atoms with Gasteiger partial charge in [0, 0.05) is 4.70 Å². The summed E-state index contributed by atoms with van der Waals surface area (Å²) in [5.74, 6) is 0.309. The summed E-state index contributed by atoms with van der Waals surface area (Å²) >= 11 is 1.66. The summed E-state index contributed by atoms with van der Waals surface area (Å²) < 4.78 is 7.58. The first-order chi connectivity index (χ1) is 15.4. The van der Waals surface area contributed by atoms with Crippen molar-refractivity contribution in [1.29, 1.82) is 0 Å². The summed E-state index contributed by atoms with van der Waals surface area (Å²) in [7, 11) is 0. The number of thiophene rings is 1. The van der Waals surface area contributed by atoms with Gasteiger partial charge in [-0.1, -0.05) is 37.6 Å². The number of carboxylic acid groups (broad SMARTS) is 1. The minimum absolute atomic E-state index is 0. The summed E-state index contributed by atoms with van der Waals surface area (Å²) in [6, 6.07) is 13.9. The van der Waals surface area contributed by atoms with Crippen molar-refractivity contribution in [1.82, 2.24) is 4.98 Å². The molecule has 6 heteroatoms. The van der Waals surface area contributed by atoms with Gasteiger partial charge in [0.1, 0.15) is 5.75 Å². The van der Waals surface area contributed by atoms with Crippen molar-refractivity contribution in [3.05, 3.63) is 59.2 Å². The third-order valence-corrected chi connectivity index (χ3v) is 7.91. The molecule has 1 aliphatic rings. The molecule has 2 heterocycles. The zero-order chi connectivity index (χ0) is 22.4. The Balaban J connectivity index is 0.00000162. The SMILES string of the molecule is Cc1c(-c2cc(C(=O)O)c3c(O[C@H]4CCC[C@@H](C)C4)ccc(C)c3n2)sc2ccccc12.[H-].[Na+]. The maximum absolute atomic E-state index is 12.4. The topological polar surface area (TPSA) is 59.4 Å². The first-order valence-corrected chi connectivity index (χ1v) is 12.1. The molecule has 1 fully saturated rings. The number of fused-ring (bicyclic) bond motifs is 2. The number of aryl methyl sites for hydroxylation is 2. The molecule has 166 valence electrons. The molecule has 0 saturated heterocycles. The van der Waals surface area contributed by atoms with Gasteiger partial charge in [0.2, 0.25) is 0 Å². The van der Waals surface area contributed by atoms with Gasteiger partial charge in [0.15, 0.2) is 0 Å². The number of pyridine rings is 1. The van der Waals surface area contributed by atoms with E-state index in [1.54, 1.807) is 17.4 Å². The van der Waals surface area contributed by atoms with Crippen LogP contribution in [0.2, 0.25) is 0 Å². The van der Waals surface area contributed by atoms with Crippen LogP contribution >= 0.6 is 11.3 Å². The quantitative estimate of drug-likeness (QED) is 0.447. The van der Waals surface area contributed by atoms with Crippen molar-refractivity contribution in [3.63, 3.8) is 0 Å². The summed E-state index contributed by atoms with van der Waals surface area (Å²) in [4.78, 5) is 18.4. The number of hydrogen-bond acceptors (Lipinski definition) is 4. The van der Waals surface area contributed by atoms with Crippen molar-refractivity contribution in [2.45, 2.75) is 52.6 Å². The molecule has 5 rings (SSSR count). The van der Waals surface area contributed by atoms with Crippen LogP contribution in [0.4, 0.5) is 0 Å². The van der Waals surface area contributed by atoms with Gasteiger partial charge in [0.05, 0.1) is 33.1 Å². The molecule has 4 aromatic rings. The zero-order valence-electron chi connectivity index (χ0n) is 20.6. The van der Waals surface area contributed by atoms with Gasteiger partial charge in [-0.15, -0.1) is 11.3 Å². The number of aromatic nitrogens is 1. The molecule has 0 spiro atoms. The smallest absolute Gasteiger partial charge is 1.00 e. The maximum Gasteiger partial charge on any atom is 1.00 e. The van der Waals surface area contributed by atoms with Crippen LogP contribution in [0.5, 0.6) is 5.75 Å². The maximum atomic E-state index is 12.4. The van der Waals surface area contributed by atoms with E-state index in [1.165, 1.54) is 16.5 Å². The molecular formula is C27H28NNaO3S. The summed E-state index contributed by atoms with van der Waals surface area (Å²) in [6.07, 6.45) is 4.51. The van der Waals surface area contributed by atoms with E-state index in [0.717, 1.165) is 35.3 Å². The van der Waals surface area contributed by atoms with Crippen molar-refractivity contribution >= 4 is 38.3 Å². The molecule has 0 amide bonds. The Hall–Kier alpha value is -1.92. The van der Waals surface area contributed by atoms with E-state index in [1.807, 2.05) is 31.2 Å². The number of nitrogens with zero attached hydrogens (tertiary/aromatic N) is 1. The monoisotopic (exact) mass is 469 g/mol. The Morgan fingerprint density at radius 3 is 2.70 bits per heavy atom. The fourth-order valence-electron chi connectivity index (χ4n) is 4.91. The second kappa shape index (κ2) is 9.75. The minimum Gasteiger partial charge on any atom is -1.00 e. The molecule has 0 bridgehead atoms. The fraction of sp³-hybridized carbons (Fsp3) is 0.333. The Morgan fingerprint density at radius 1 is 1.18 bits per heavy atom. The molecule has 4 nitrogen and oxygen atoms in total. The molecule has 2 atom stereocenters. The first kappa shape index (κ1) is 24.2. The summed E-state index contributed by atoms with van der Waals surface area (Å²) in [5.41, 5.74) is 3.75. The molecule has 1 N–H and O–H groups in total. The van der Waals surface area contributed by atoms with Crippen molar-refractivity contribution in [2.75, 3.05) is 0 Å². The number of aromatic carboxylic acids is 1. The van der Waals surface area contributed by atoms with Gasteiger partial charge in [0.25, 0.3) is 0 Å². The van der Waals surface area contributed by atoms with E-state index in [0.29, 0.717) is 28.3 Å². The average Bonchev–Trinajstić information content (AvgIpc) is 3.12. The van der Waals surface area contributed by atoms with Gasteiger partial charge >= 0.3 is 35.5 Å². The number of ether oxygens (including phenoxy) is 1. The van der Waals surface area contributed by atoms with Gasteiger partial charge in [-0.05, 0) is 73.7 Å². The second-order valence-corrected chi connectivity index (χ2v) is 10.1. The van der Waals surface area contributed by atoms with E-state index in [2.05, 4.69) is 26.0 Å². The zero-order valence-corrected chi connectivity index (χ0v) is 22.5. The van der Waals surface area contributed by atoms with Gasteiger partial charge in [-0.25, -0.2) is 9.78 Å². The van der Waals surface area contributed by atoms with E-state index >= 15 is 0 Å². The van der Waals surface area contributed by atoms with Crippen LogP contribution < -0.4 is 34.3 Å². The van der Waals surface area contributed by atoms with Crippen LogP contribution in [0.1, 0.15) is 55.5 Å². The van der Waals surface area contributed by atoms with Gasteiger partial charge in [-0.3, -0.25) is 0 Å². The number of carbonyl (C=O) groups is 1. The van der Waals surface area contributed by atoms with E-state index in [-0.39, 0.29) is 42.7 Å². The number of benzene rings is 2. The first-order valence-electron chi connectivity index (χ1n) is 11.2. The summed E-state index contributed by atoms with van der Waals surface area (Å²) in [6.45, 7) is 6.32. The van der Waals surface area contributed by atoms with Crippen LogP contribution in [0, 0.1) is 19.8 Å². The number of hydrogen-bond donors (Lipinski definition) is 1. The molecule has 1 saturated carbocycles. The fourth-order valence-corrected chi connectivity index (χ4v) is 6.08. The van der Waals surface area contributed by atoms with Crippen LogP contribution in [0.15, 0.2) is 42.5 Å². The third-order valence-electron chi connectivity index (χ3n) is 6.61. The molecule has 0 radical (unpaired) electrons. The average molecular weight is 470 g/mol. The van der Waals surface area contributed by atoms with E-state index < -0.39 is 5.97 Å². The van der Waals surface area contributed by atoms with Gasteiger partial charge in [-0.2, -0.15) is 0 Å². The minimum atomic E-state index is -0.954. The van der Waals surface area contributed by atoms with E-state index in [9.17, 15) is 9.90 Å². The molecule has 0 aliphatic heterocycles. The number of carboxylic acids is 1. The summed E-state index contributed by atoms with van der Waals surface area (Å²) in [5, 5.41) is 11.9.